The fourth-order valence-corrected chi connectivity index (χ4v) is 0.885. The van der Waals surface area contributed by atoms with E-state index in [1.54, 1.807) is 6.92 Å². The topological polar surface area (TPSA) is 74.2 Å². The molecular weight excluding hydrogens is 158 g/mol. The second kappa shape index (κ2) is 4.18. The molecule has 12 heavy (non-hydrogen) atoms. The molecule has 2 N–H and O–H groups in total. The predicted molar refractivity (Wildman–Crippen MR) is 42.5 cm³/mol. The third-order valence-corrected chi connectivity index (χ3v) is 1.40. The summed E-state index contributed by atoms with van der Waals surface area (Å²) in [6.45, 7) is 4.59. The van der Waals surface area contributed by atoms with Gasteiger partial charge in [0.2, 0.25) is 0 Å². The van der Waals surface area contributed by atoms with Crippen LogP contribution in [0.4, 0.5) is 0 Å². The maximum Gasteiger partial charge on any atom is 0.257 e. The minimum atomic E-state index is -0.267. The van der Waals surface area contributed by atoms with E-state index in [0.717, 1.165) is 0 Å². The number of nitrogens with two attached hydrogens (primary N) is 1. The number of aromatic nitrogens is 2. The predicted octanol–water partition coefficient (Wildman–Crippen LogP) is 0.414. The molecule has 0 bridgehead atoms. The van der Waals surface area contributed by atoms with Crippen LogP contribution >= 0.6 is 0 Å². The van der Waals surface area contributed by atoms with Crippen LogP contribution in [-0.2, 0) is 4.74 Å². The van der Waals surface area contributed by atoms with Crippen LogP contribution in [0, 0.1) is 6.92 Å². The van der Waals surface area contributed by atoms with Gasteiger partial charge in [-0.1, -0.05) is 5.16 Å². The lowest BCUT2D eigenvalue weighted by molar-refractivity contribution is 0.0448. The normalized spacial score (nSPS) is 13.2. The summed E-state index contributed by atoms with van der Waals surface area (Å²) in [4.78, 5) is 4.02. The van der Waals surface area contributed by atoms with Crippen molar-refractivity contribution in [2.24, 2.45) is 5.73 Å². The maximum atomic E-state index is 5.45. The summed E-state index contributed by atoms with van der Waals surface area (Å²) in [6.07, 6.45) is -0.267. The van der Waals surface area contributed by atoms with Crippen molar-refractivity contribution in [2.45, 2.75) is 20.0 Å². The standard InChI is InChI=1S/C7H13N3O2/c1-3-11-6(4-8)7-9-5(2)10-12-7/h6H,3-4,8H2,1-2H3. The molecule has 0 fully saturated rings. The molecule has 5 nitrogen and oxygen atoms in total. The first-order valence-corrected chi connectivity index (χ1v) is 3.89. The summed E-state index contributed by atoms with van der Waals surface area (Å²) in [6, 6.07) is 0. The zero-order chi connectivity index (χ0) is 8.97. The Morgan fingerprint density at radius 1 is 1.67 bits per heavy atom. The third kappa shape index (κ3) is 2.02. The van der Waals surface area contributed by atoms with Crippen molar-refractivity contribution in [1.29, 1.82) is 0 Å². The Kier molecular flexibility index (Phi) is 3.19. The van der Waals surface area contributed by atoms with Crippen LogP contribution in [0.1, 0.15) is 24.7 Å². The van der Waals surface area contributed by atoms with E-state index in [1.165, 1.54) is 0 Å². The molecular formula is C7H13N3O2. The van der Waals surface area contributed by atoms with Gasteiger partial charge in [-0.05, 0) is 13.8 Å². The van der Waals surface area contributed by atoms with Crippen molar-refractivity contribution in [3.8, 4) is 0 Å². The molecule has 1 rings (SSSR count). The molecule has 0 saturated heterocycles. The van der Waals surface area contributed by atoms with Gasteiger partial charge in [-0.2, -0.15) is 4.98 Å². The van der Waals surface area contributed by atoms with Crippen molar-refractivity contribution in [1.82, 2.24) is 10.1 Å². The van der Waals surface area contributed by atoms with Gasteiger partial charge < -0.3 is 15.0 Å². The highest BCUT2D eigenvalue weighted by atomic mass is 16.5. The van der Waals surface area contributed by atoms with Gasteiger partial charge in [0.15, 0.2) is 5.82 Å². The summed E-state index contributed by atoms with van der Waals surface area (Å²) in [7, 11) is 0. The molecule has 0 aromatic carbocycles. The molecule has 1 heterocycles. The van der Waals surface area contributed by atoms with Crippen LogP contribution in [0.2, 0.25) is 0 Å². The van der Waals surface area contributed by atoms with Crippen LogP contribution in [0.3, 0.4) is 0 Å². The van der Waals surface area contributed by atoms with Gasteiger partial charge in [0.05, 0.1) is 0 Å². The summed E-state index contributed by atoms with van der Waals surface area (Å²) < 4.78 is 10.2. The van der Waals surface area contributed by atoms with E-state index in [4.69, 9.17) is 15.0 Å². The first-order valence-electron chi connectivity index (χ1n) is 3.89. The monoisotopic (exact) mass is 171 g/mol. The lowest BCUT2D eigenvalue weighted by Gasteiger charge is -2.08. The fraction of sp³-hybridized carbons (Fsp3) is 0.714. The Labute approximate surface area is 70.9 Å². The molecule has 0 saturated carbocycles. The van der Waals surface area contributed by atoms with E-state index in [9.17, 15) is 0 Å². The first-order chi connectivity index (χ1) is 5.77. The highest BCUT2D eigenvalue weighted by Gasteiger charge is 2.15. The number of ether oxygens (including phenoxy) is 1. The molecule has 68 valence electrons. The lowest BCUT2D eigenvalue weighted by Crippen LogP contribution is -2.16. The Morgan fingerprint density at radius 2 is 2.42 bits per heavy atom. The molecule has 1 unspecified atom stereocenters. The SMILES string of the molecule is CCOC(CN)c1nc(C)no1. The summed E-state index contributed by atoms with van der Waals surface area (Å²) in [5, 5.41) is 3.65. The number of rotatable bonds is 4. The Balaban J connectivity index is 2.66. The van der Waals surface area contributed by atoms with Crippen LogP contribution in [0.25, 0.3) is 0 Å². The average Bonchev–Trinajstić information content (AvgIpc) is 2.47. The molecule has 1 aromatic rings. The van der Waals surface area contributed by atoms with Crippen molar-refractivity contribution in [2.75, 3.05) is 13.2 Å². The maximum absolute atomic E-state index is 5.45. The van der Waals surface area contributed by atoms with Gasteiger partial charge in [-0.3, -0.25) is 0 Å². The number of hydrogen-bond donors (Lipinski definition) is 1. The van der Waals surface area contributed by atoms with Crippen LogP contribution in [0.5, 0.6) is 0 Å². The largest absolute Gasteiger partial charge is 0.367 e. The molecule has 0 aliphatic carbocycles. The molecule has 1 atom stereocenters. The van der Waals surface area contributed by atoms with Crippen molar-refractivity contribution < 1.29 is 9.26 Å². The van der Waals surface area contributed by atoms with E-state index < -0.39 is 0 Å². The van der Waals surface area contributed by atoms with Gasteiger partial charge in [-0.25, -0.2) is 0 Å². The highest BCUT2D eigenvalue weighted by molar-refractivity contribution is 4.88. The van der Waals surface area contributed by atoms with Crippen LogP contribution in [0.15, 0.2) is 4.52 Å². The van der Waals surface area contributed by atoms with Crippen molar-refractivity contribution in [3.05, 3.63) is 11.7 Å². The summed E-state index contributed by atoms with van der Waals surface area (Å²) in [5.74, 6) is 1.06. The Hall–Kier alpha value is -0.940. The fourth-order valence-electron chi connectivity index (χ4n) is 0.885. The highest BCUT2D eigenvalue weighted by Crippen LogP contribution is 2.12. The van der Waals surface area contributed by atoms with Gasteiger partial charge in [0, 0.05) is 13.2 Å². The van der Waals surface area contributed by atoms with E-state index in [1.807, 2.05) is 6.92 Å². The van der Waals surface area contributed by atoms with E-state index in [-0.39, 0.29) is 6.10 Å². The molecule has 0 radical (unpaired) electrons. The van der Waals surface area contributed by atoms with Gasteiger partial charge in [-0.15, -0.1) is 0 Å². The molecule has 0 aliphatic heterocycles. The van der Waals surface area contributed by atoms with Gasteiger partial charge in [0.1, 0.15) is 6.10 Å². The van der Waals surface area contributed by atoms with Crippen molar-refractivity contribution in [3.63, 3.8) is 0 Å². The van der Waals surface area contributed by atoms with Gasteiger partial charge >= 0.3 is 0 Å². The zero-order valence-electron chi connectivity index (χ0n) is 7.28. The molecule has 0 aliphatic rings. The Bertz CT molecular complexity index is 236. The first kappa shape index (κ1) is 9.15. The van der Waals surface area contributed by atoms with E-state index in [0.29, 0.717) is 24.9 Å². The number of aryl methyl sites for hydroxylation is 1. The molecule has 0 spiro atoms. The minimum Gasteiger partial charge on any atom is -0.367 e. The van der Waals surface area contributed by atoms with E-state index >= 15 is 0 Å². The quantitative estimate of drug-likeness (QED) is 0.710. The second-order valence-electron chi connectivity index (χ2n) is 2.36. The van der Waals surface area contributed by atoms with E-state index in [2.05, 4.69) is 10.1 Å². The molecule has 0 amide bonds. The average molecular weight is 171 g/mol. The number of hydrogen-bond acceptors (Lipinski definition) is 5. The van der Waals surface area contributed by atoms with Crippen molar-refractivity contribution >= 4 is 0 Å². The Morgan fingerprint density at radius 3 is 2.83 bits per heavy atom. The molecule has 5 heteroatoms. The van der Waals surface area contributed by atoms with Crippen LogP contribution in [-0.4, -0.2) is 23.3 Å². The zero-order valence-corrected chi connectivity index (χ0v) is 7.28. The second-order valence-corrected chi connectivity index (χ2v) is 2.36. The third-order valence-electron chi connectivity index (χ3n) is 1.40. The molecule has 1 aromatic heterocycles. The lowest BCUT2D eigenvalue weighted by atomic mass is 10.3. The number of nitrogens with zero attached hydrogens (tertiary/aromatic N) is 2. The van der Waals surface area contributed by atoms with Crippen LogP contribution < -0.4 is 5.73 Å². The minimum absolute atomic E-state index is 0.267. The summed E-state index contributed by atoms with van der Waals surface area (Å²) in [5.41, 5.74) is 5.45. The van der Waals surface area contributed by atoms with Gasteiger partial charge in [0.25, 0.3) is 5.89 Å². The smallest absolute Gasteiger partial charge is 0.257 e. The summed E-state index contributed by atoms with van der Waals surface area (Å²) >= 11 is 0.